The minimum atomic E-state index is -0.169. The molecular formula is C20H26N2O3. The highest BCUT2D eigenvalue weighted by Gasteiger charge is 2.27. The van der Waals surface area contributed by atoms with Gasteiger partial charge in [-0.2, -0.15) is 0 Å². The molecule has 0 aliphatic heterocycles. The first-order chi connectivity index (χ1) is 12.2. The monoisotopic (exact) mass is 342 g/mol. The van der Waals surface area contributed by atoms with Crippen LogP contribution in [0.25, 0.3) is 0 Å². The van der Waals surface area contributed by atoms with E-state index < -0.39 is 0 Å². The van der Waals surface area contributed by atoms with Gasteiger partial charge in [0.05, 0.1) is 25.5 Å². The number of benzene rings is 1. The molecular weight excluding hydrogens is 316 g/mol. The molecule has 2 N–H and O–H groups in total. The van der Waals surface area contributed by atoms with Crippen LogP contribution < -0.4 is 5.32 Å². The number of hydrogen-bond acceptors (Lipinski definition) is 4. The molecule has 0 saturated heterocycles. The summed E-state index contributed by atoms with van der Waals surface area (Å²) in [7, 11) is 0. The van der Waals surface area contributed by atoms with Gasteiger partial charge in [0.15, 0.2) is 0 Å². The normalized spacial score (nSPS) is 18.0. The third kappa shape index (κ3) is 4.30. The maximum absolute atomic E-state index is 12.5. The molecule has 0 spiro atoms. The molecule has 1 amide bonds. The van der Waals surface area contributed by atoms with Crippen LogP contribution in [0.1, 0.15) is 48.7 Å². The van der Waals surface area contributed by atoms with Gasteiger partial charge in [0.25, 0.3) is 0 Å². The second-order valence-corrected chi connectivity index (χ2v) is 6.61. The lowest BCUT2D eigenvalue weighted by molar-refractivity contribution is -0.123. The van der Waals surface area contributed by atoms with Crippen LogP contribution >= 0.6 is 0 Å². The van der Waals surface area contributed by atoms with E-state index in [2.05, 4.69) is 28.4 Å². The number of aryl methyl sites for hydroxylation is 1. The van der Waals surface area contributed by atoms with Crippen molar-refractivity contribution in [2.75, 3.05) is 19.7 Å². The molecule has 134 valence electrons. The number of aliphatic hydroxyl groups excluding tert-OH is 1. The van der Waals surface area contributed by atoms with Crippen LogP contribution in [0.4, 0.5) is 0 Å². The quantitative estimate of drug-likeness (QED) is 0.812. The Morgan fingerprint density at radius 2 is 2.20 bits per heavy atom. The number of aliphatic hydroxyl groups is 1. The van der Waals surface area contributed by atoms with E-state index in [4.69, 9.17) is 4.42 Å². The third-order valence-electron chi connectivity index (χ3n) is 4.86. The molecule has 2 aromatic rings. The van der Waals surface area contributed by atoms with Crippen molar-refractivity contribution in [3.05, 3.63) is 59.5 Å². The first kappa shape index (κ1) is 17.7. The zero-order valence-electron chi connectivity index (χ0n) is 14.6. The molecule has 25 heavy (non-hydrogen) atoms. The van der Waals surface area contributed by atoms with Crippen LogP contribution in [0, 0.1) is 0 Å². The second kappa shape index (κ2) is 8.32. The average molecular weight is 342 g/mol. The molecule has 1 heterocycles. The molecule has 1 aromatic heterocycles. The summed E-state index contributed by atoms with van der Waals surface area (Å²) in [6, 6.07) is 12.1. The first-order valence-electron chi connectivity index (χ1n) is 8.94. The van der Waals surface area contributed by atoms with Gasteiger partial charge in [0.1, 0.15) is 5.76 Å². The van der Waals surface area contributed by atoms with Crippen LogP contribution in [0.15, 0.2) is 47.1 Å². The number of rotatable bonds is 7. The van der Waals surface area contributed by atoms with E-state index in [-0.39, 0.29) is 31.1 Å². The van der Waals surface area contributed by atoms with Crippen LogP contribution in [0.2, 0.25) is 0 Å². The van der Waals surface area contributed by atoms with Gasteiger partial charge < -0.3 is 14.8 Å². The van der Waals surface area contributed by atoms with E-state index in [9.17, 15) is 9.90 Å². The standard InChI is InChI=1S/C20H26N2O3/c1-15(19-10-5-13-25-19)21-20(24)14-22(11-12-23)18-9-4-7-16-6-2-3-8-17(16)18/h2-3,5-6,8,10,13,15,18,23H,4,7,9,11-12,14H2,1H3,(H,21,24)/t15-,18-/m1/s1. The fourth-order valence-electron chi connectivity index (χ4n) is 3.66. The highest BCUT2D eigenvalue weighted by atomic mass is 16.3. The number of fused-ring (bicyclic) bond motifs is 1. The average Bonchev–Trinajstić information content (AvgIpc) is 3.15. The summed E-state index contributed by atoms with van der Waals surface area (Å²) < 4.78 is 5.34. The molecule has 0 bridgehead atoms. The van der Waals surface area contributed by atoms with Crippen molar-refractivity contribution in [3.8, 4) is 0 Å². The Hall–Kier alpha value is -2.11. The maximum atomic E-state index is 12.5. The molecule has 0 saturated carbocycles. The molecule has 0 radical (unpaired) electrons. The number of nitrogens with one attached hydrogen (secondary N) is 1. The van der Waals surface area contributed by atoms with Gasteiger partial charge in [0.2, 0.25) is 5.91 Å². The molecule has 5 heteroatoms. The van der Waals surface area contributed by atoms with Gasteiger partial charge >= 0.3 is 0 Å². The summed E-state index contributed by atoms with van der Waals surface area (Å²) in [6.45, 7) is 2.70. The van der Waals surface area contributed by atoms with Crippen molar-refractivity contribution < 1.29 is 14.3 Å². The number of furan rings is 1. The van der Waals surface area contributed by atoms with Crippen molar-refractivity contribution >= 4 is 5.91 Å². The number of amides is 1. The summed E-state index contributed by atoms with van der Waals surface area (Å²) in [6.07, 6.45) is 4.81. The van der Waals surface area contributed by atoms with E-state index in [1.54, 1.807) is 6.26 Å². The van der Waals surface area contributed by atoms with Crippen molar-refractivity contribution in [1.29, 1.82) is 0 Å². The third-order valence-corrected chi connectivity index (χ3v) is 4.86. The SMILES string of the molecule is C[C@@H](NC(=O)CN(CCO)[C@@H]1CCCc2ccccc21)c1ccco1. The highest BCUT2D eigenvalue weighted by molar-refractivity contribution is 5.78. The van der Waals surface area contributed by atoms with Gasteiger partial charge in [-0.1, -0.05) is 24.3 Å². The summed E-state index contributed by atoms with van der Waals surface area (Å²) in [5.74, 6) is 0.686. The van der Waals surface area contributed by atoms with Gasteiger partial charge in [-0.05, 0) is 49.4 Å². The van der Waals surface area contributed by atoms with Crippen molar-refractivity contribution in [3.63, 3.8) is 0 Å². The molecule has 1 aliphatic rings. The maximum Gasteiger partial charge on any atom is 0.234 e. The largest absolute Gasteiger partial charge is 0.467 e. The van der Waals surface area contributed by atoms with Crippen molar-refractivity contribution in [1.82, 2.24) is 10.2 Å². The smallest absolute Gasteiger partial charge is 0.234 e. The summed E-state index contributed by atoms with van der Waals surface area (Å²) in [5.41, 5.74) is 2.64. The predicted molar refractivity (Wildman–Crippen MR) is 96.0 cm³/mol. The van der Waals surface area contributed by atoms with E-state index in [1.807, 2.05) is 25.1 Å². The van der Waals surface area contributed by atoms with Gasteiger partial charge in [-0.3, -0.25) is 9.69 Å². The van der Waals surface area contributed by atoms with E-state index in [0.717, 1.165) is 25.0 Å². The Kier molecular flexibility index (Phi) is 5.89. The van der Waals surface area contributed by atoms with Crippen LogP contribution in [-0.2, 0) is 11.2 Å². The Labute approximate surface area is 148 Å². The molecule has 0 unspecified atom stereocenters. The van der Waals surface area contributed by atoms with E-state index >= 15 is 0 Å². The number of hydrogen-bond donors (Lipinski definition) is 2. The Bertz CT molecular complexity index is 684. The zero-order chi connectivity index (χ0) is 17.6. The van der Waals surface area contributed by atoms with Gasteiger partial charge in [0, 0.05) is 12.6 Å². The summed E-state index contributed by atoms with van der Waals surface area (Å²) >= 11 is 0. The molecule has 1 aliphatic carbocycles. The minimum Gasteiger partial charge on any atom is -0.467 e. The Morgan fingerprint density at radius 3 is 2.96 bits per heavy atom. The molecule has 5 nitrogen and oxygen atoms in total. The minimum absolute atomic E-state index is 0.0414. The molecule has 1 aromatic carbocycles. The molecule has 2 atom stereocenters. The van der Waals surface area contributed by atoms with E-state index in [1.165, 1.54) is 11.1 Å². The van der Waals surface area contributed by atoms with Crippen LogP contribution in [0.5, 0.6) is 0 Å². The van der Waals surface area contributed by atoms with Crippen LogP contribution in [0.3, 0.4) is 0 Å². The second-order valence-electron chi connectivity index (χ2n) is 6.61. The summed E-state index contributed by atoms with van der Waals surface area (Å²) in [5, 5.41) is 12.5. The number of carbonyl (C=O) groups excluding carboxylic acids is 1. The van der Waals surface area contributed by atoms with E-state index in [0.29, 0.717) is 6.54 Å². The molecule has 3 rings (SSSR count). The van der Waals surface area contributed by atoms with Crippen molar-refractivity contribution in [2.24, 2.45) is 0 Å². The predicted octanol–water partition coefficient (Wildman–Crippen LogP) is 2.83. The number of carbonyl (C=O) groups is 1. The lowest BCUT2D eigenvalue weighted by Crippen LogP contribution is -2.42. The Morgan fingerprint density at radius 1 is 1.36 bits per heavy atom. The fraction of sp³-hybridized carbons (Fsp3) is 0.450. The van der Waals surface area contributed by atoms with Crippen LogP contribution in [-0.4, -0.2) is 35.6 Å². The van der Waals surface area contributed by atoms with Gasteiger partial charge in [-0.15, -0.1) is 0 Å². The lowest BCUT2D eigenvalue weighted by atomic mass is 9.87. The topological polar surface area (TPSA) is 65.7 Å². The number of nitrogens with zero attached hydrogens (tertiary/aromatic N) is 1. The highest BCUT2D eigenvalue weighted by Crippen LogP contribution is 2.33. The zero-order valence-corrected chi connectivity index (χ0v) is 14.6. The fourth-order valence-corrected chi connectivity index (χ4v) is 3.66. The lowest BCUT2D eigenvalue weighted by Gasteiger charge is -2.35. The Balaban J connectivity index is 1.68. The van der Waals surface area contributed by atoms with Gasteiger partial charge in [-0.25, -0.2) is 0 Å². The first-order valence-corrected chi connectivity index (χ1v) is 8.94. The molecule has 0 fully saturated rings. The summed E-state index contributed by atoms with van der Waals surface area (Å²) in [4.78, 5) is 14.6. The van der Waals surface area contributed by atoms with Crippen molar-refractivity contribution in [2.45, 2.75) is 38.3 Å².